The largest absolute Gasteiger partial charge is 0.299 e. The molecule has 1 aromatic carbocycles. The molecule has 6 heteroatoms. The fraction of sp³-hybridized carbons (Fsp3) is 0.350. The van der Waals surface area contributed by atoms with E-state index in [0.29, 0.717) is 10.7 Å². The highest BCUT2D eigenvalue weighted by atomic mass is 32.1. The lowest BCUT2D eigenvalue weighted by Gasteiger charge is -2.30. The molecule has 1 N–H and O–H groups in total. The van der Waals surface area contributed by atoms with Gasteiger partial charge in [0.2, 0.25) is 0 Å². The average Bonchev–Trinajstić information content (AvgIpc) is 3.06. The van der Waals surface area contributed by atoms with Crippen molar-refractivity contribution in [2.24, 2.45) is 5.92 Å². The number of thiazole rings is 1. The molecule has 1 aliphatic heterocycles. The number of pyridine rings is 1. The number of aromatic nitrogens is 2. The monoisotopic (exact) mass is 366 g/mol. The summed E-state index contributed by atoms with van der Waals surface area (Å²) in [5, 5.41) is 3.49. The standard InChI is InChI=1S/C20H22N4OS/c1-14-6-9-24(10-7-14)13-15-4-5-17-18(11-15)26-20(22-17)23-19(25)16-3-2-8-21-12-16/h2-5,8,11-12,14H,6-7,9-10,13H2,1H3,(H,22,23,25). The van der Waals surface area contributed by atoms with Gasteiger partial charge in [0.1, 0.15) is 0 Å². The maximum Gasteiger partial charge on any atom is 0.259 e. The number of nitrogens with one attached hydrogen (secondary N) is 1. The van der Waals surface area contributed by atoms with Crippen molar-refractivity contribution < 1.29 is 4.79 Å². The Bertz CT molecular complexity index is 901. The lowest BCUT2D eigenvalue weighted by Crippen LogP contribution is -2.32. The SMILES string of the molecule is CC1CCN(Cc2ccc3nc(NC(=O)c4cccnc4)sc3c2)CC1. The molecular weight excluding hydrogens is 344 g/mol. The molecule has 2 aromatic heterocycles. The molecule has 1 aliphatic rings. The van der Waals surface area contributed by atoms with Crippen LogP contribution in [0, 0.1) is 5.92 Å². The van der Waals surface area contributed by atoms with E-state index < -0.39 is 0 Å². The predicted molar refractivity (Wildman–Crippen MR) is 105 cm³/mol. The maximum absolute atomic E-state index is 12.3. The zero-order chi connectivity index (χ0) is 17.9. The average molecular weight is 366 g/mol. The van der Waals surface area contributed by atoms with Crippen molar-refractivity contribution in [3.8, 4) is 0 Å². The van der Waals surface area contributed by atoms with Gasteiger partial charge in [-0.1, -0.05) is 24.3 Å². The van der Waals surface area contributed by atoms with Crippen LogP contribution in [0.15, 0.2) is 42.7 Å². The molecule has 26 heavy (non-hydrogen) atoms. The number of hydrogen-bond acceptors (Lipinski definition) is 5. The molecule has 1 amide bonds. The Kier molecular flexibility index (Phi) is 4.95. The van der Waals surface area contributed by atoms with Gasteiger partial charge in [-0.3, -0.25) is 20.0 Å². The smallest absolute Gasteiger partial charge is 0.259 e. The molecule has 0 radical (unpaired) electrons. The number of piperidine rings is 1. The van der Waals surface area contributed by atoms with Gasteiger partial charge in [0, 0.05) is 18.9 Å². The molecule has 3 heterocycles. The number of amides is 1. The first-order valence-electron chi connectivity index (χ1n) is 9.00. The molecule has 0 unspecified atom stereocenters. The van der Waals surface area contributed by atoms with Crippen LogP contribution in [0.1, 0.15) is 35.7 Å². The van der Waals surface area contributed by atoms with Gasteiger partial charge >= 0.3 is 0 Å². The van der Waals surface area contributed by atoms with Crippen LogP contribution in [0.5, 0.6) is 0 Å². The Morgan fingerprint density at radius 2 is 2.15 bits per heavy atom. The molecule has 0 bridgehead atoms. The summed E-state index contributed by atoms with van der Waals surface area (Å²) in [6.45, 7) is 5.67. The highest BCUT2D eigenvalue weighted by Crippen LogP contribution is 2.28. The second-order valence-corrected chi connectivity index (χ2v) is 8.01. The minimum atomic E-state index is -0.181. The zero-order valence-electron chi connectivity index (χ0n) is 14.8. The van der Waals surface area contributed by atoms with E-state index in [-0.39, 0.29) is 5.91 Å². The Labute approximate surface area is 157 Å². The number of fused-ring (bicyclic) bond motifs is 1. The first-order chi connectivity index (χ1) is 12.7. The zero-order valence-corrected chi connectivity index (χ0v) is 15.6. The van der Waals surface area contributed by atoms with Crippen LogP contribution in [0.25, 0.3) is 10.2 Å². The minimum Gasteiger partial charge on any atom is -0.299 e. The van der Waals surface area contributed by atoms with Crippen LogP contribution in [0.3, 0.4) is 0 Å². The van der Waals surface area contributed by atoms with Crippen molar-refractivity contribution in [1.82, 2.24) is 14.9 Å². The van der Waals surface area contributed by atoms with Crippen molar-refractivity contribution in [1.29, 1.82) is 0 Å². The van der Waals surface area contributed by atoms with Gasteiger partial charge in [-0.25, -0.2) is 4.98 Å². The molecule has 1 fully saturated rings. The number of rotatable bonds is 4. The van der Waals surface area contributed by atoms with E-state index >= 15 is 0 Å². The van der Waals surface area contributed by atoms with Crippen LogP contribution in [-0.4, -0.2) is 33.9 Å². The first-order valence-corrected chi connectivity index (χ1v) is 9.82. The predicted octanol–water partition coefficient (Wildman–Crippen LogP) is 4.18. The van der Waals surface area contributed by atoms with Gasteiger partial charge in [0.05, 0.1) is 15.8 Å². The normalized spacial score (nSPS) is 16.0. The van der Waals surface area contributed by atoms with E-state index in [1.165, 1.54) is 42.8 Å². The Morgan fingerprint density at radius 1 is 1.31 bits per heavy atom. The second kappa shape index (κ2) is 7.51. The fourth-order valence-corrected chi connectivity index (χ4v) is 4.19. The van der Waals surface area contributed by atoms with Crippen LogP contribution in [-0.2, 0) is 6.54 Å². The van der Waals surface area contributed by atoms with Crippen molar-refractivity contribution in [2.45, 2.75) is 26.3 Å². The summed E-state index contributed by atoms with van der Waals surface area (Å²) in [5.41, 5.74) is 2.76. The van der Waals surface area contributed by atoms with Crippen molar-refractivity contribution >= 4 is 32.6 Å². The summed E-state index contributed by atoms with van der Waals surface area (Å²) in [6, 6.07) is 9.89. The van der Waals surface area contributed by atoms with Crippen molar-refractivity contribution in [3.05, 3.63) is 53.9 Å². The summed E-state index contributed by atoms with van der Waals surface area (Å²) < 4.78 is 1.11. The van der Waals surface area contributed by atoms with E-state index in [0.717, 1.165) is 22.7 Å². The number of carbonyl (C=O) groups is 1. The number of nitrogens with zero attached hydrogens (tertiary/aromatic N) is 3. The van der Waals surface area contributed by atoms with Crippen molar-refractivity contribution in [2.75, 3.05) is 18.4 Å². The highest BCUT2D eigenvalue weighted by Gasteiger charge is 2.16. The third kappa shape index (κ3) is 3.92. The number of likely N-dealkylation sites (tertiary alicyclic amines) is 1. The first kappa shape index (κ1) is 17.1. The third-order valence-electron chi connectivity index (χ3n) is 4.88. The summed E-state index contributed by atoms with van der Waals surface area (Å²) >= 11 is 1.51. The van der Waals surface area contributed by atoms with E-state index in [9.17, 15) is 4.79 Å². The number of hydrogen-bond donors (Lipinski definition) is 1. The van der Waals surface area contributed by atoms with Gasteiger partial charge in [0.25, 0.3) is 5.91 Å². The molecule has 0 spiro atoms. The van der Waals surface area contributed by atoms with Gasteiger partial charge < -0.3 is 0 Å². The molecule has 1 saturated heterocycles. The Morgan fingerprint density at radius 3 is 2.92 bits per heavy atom. The summed E-state index contributed by atoms with van der Waals surface area (Å²) in [7, 11) is 0. The number of anilines is 1. The van der Waals surface area contributed by atoms with E-state index in [1.54, 1.807) is 24.5 Å². The van der Waals surface area contributed by atoms with Gasteiger partial charge in [-0.15, -0.1) is 0 Å². The molecular formula is C20H22N4OS. The fourth-order valence-electron chi connectivity index (χ4n) is 3.27. The maximum atomic E-state index is 12.3. The quantitative estimate of drug-likeness (QED) is 0.753. The molecule has 3 aromatic rings. The van der Waals surface area contributed by atoms with Crippen molar-refractivity contribution in [3.63, 3.8) is 0 Å². The molecule has 5 nitrogen and oxygen atoms in total. The van der Waals surface area contributed by atoms with Crippen LogP contribution < -0.4 is 5.32 Å². The van der Waals surface area contributed by atoms with Gasteiger partial charge in [0.15, 0.2) is 5.13 Å². The Hall–Kier alpha value is -2.31. The number of carbonyl (C=O) groups excluding carboxylic acids is 1. The lowest BCUT2D eigenvalue weighted by molar-refractivity contribution is 0.102. The summed E-state index contributed by atoms with van der Waals surface area (Å²) in [6.07, 6.45) is 5.78. The molecule has 0 atom stereocenters. The van der Waals surface area contributed by atoms with Gasteiger partial charge in [-0.2, -0.15) is 0 Å². The van der Waals surface area contributed by atoms with E-state index in [2.05, 4.69) is 39.2 Å². The van der Waals surface area contributed by atoms with E-state index in [1.807, 2.05) is 6.07 Å². The molecule has 4 rings (SSSR count). The topological polar surface area (TPSA) is 58.1 Å². The highest BCUT2D eigenvalue weighted by molar-refractivity contribution is 7.22. The second-order valence-electron chi connectivity index (χ2n) is 6.98. The number of benzene rings is 1. The molecule has 0 aliphatic carbocycles. The van der Waals surface area contributed by atoms with Crippen LogP contribution in [0.4, 0.5) is 5.13 Å². The summed E-state index contributed by atoms with van der Waals surface area (Å²) in [5.74, 6) is 0.668. The van der Waals surface area contributed by atoms with Gasteiger partial charge in [-0.05, 0) is 61.7 Å². The summed E-state index contributed by atoms with van der Waals surface area (Å²) in [4.78, 5) is 23.3. The molecule has 0 saturated carbocycles. The third-order valence-corrected chi connectivity index (χ3v) is 5.81. The molecule has 134 valence electrons. The minimum absolute atomic E-state index is 0.181. The van der Waals surface area contributed by atoms with Crippen LogP contribution >= 0.6 is 11.3 Å². The lowest BCUT2D eigenvalue weighted by atomic mass is 9.99. The Balaban J connectivity index is 1.46. The van der Waals surface area contributed by atoms with E-state index in [4.69, 9.17) is 0 Å². The van der Waals surface area contributed by atoms with Crippen LogP contribution in [0.2, 0.25) is 0 Å².